The fraction of sp³-hybridized carbons (Fsp3) is 0.688. The van der Waals surface area contributed by atoms with Crippen LogP contribution in [0.3, 0.4) is 0 Å². The Balaban J connectivity index is 1.50. The number of carbonyl (C=O) groups excluding carboxylic acids is 1. The van der Waals surface area contributed by atoms with Crippen LogP contribution in [-0.2, 0) is 29.1 Å². The van der Waals surface area contributed by atoms with Gasteiger partial charge in [0.25, 0.3) is 0 Å². The zero-order chi connectivity index (χ0) is 15.4. The highest BCUT2D eigenvalue weighted by molar-refractivity contribution is 5.76. The molecule has 1 saturated carbocycles. The van der Waals surface area contributed by atoms with Gasteiger partial charge in [0.2, 0.25) is 5.91 Å². The lowest BCUT2D eigenvalue weighted by Gasteiger charge is -2.26. The number of amides is 1. The van der Waals surface area contributed by atoms with Crippen LogP contribution in [0.15, 0.2) is 6.20 Å². The van der Waals surface area contributed by atoms with E-state index >= 15 is 0 Å². The third-order valence-electron chi connectivity index (χ3n) is 4.51. The smallest absolute Gasteiger partial charge is 0.220 e. The summed E-state index contributed by atoms with van der Waals surface area (Å²) >= 11 is 0. The number of hydrogen-bond acceptors (Lipinski definition) is 5. The zero-order valence-corrected chi connectivity index (χ0v) is 12.8. The van der Waals surface area contributed by atoms with Gasteiger partial charge in [-0.2, -0.15) is 0 Å². The van der Waals surface area contributed by atoms with Gasteiger partial charge in [0.05, 0.1) is 31.6 Å². The Morgan fingerprint density at radius 1 is 1.41 bits per heavy atom. The molecule has 1 fully saturated rings. The molecule has 3 rings (SSSR count). The fourth-order valence-corrected chi connectivity index (χ4v) is 3.17. The minimum Gasteiger partial charge on any atom is -0.393 e. The quantitative estimate of drug-likeness (QED) is 0.870. The lowest BCUT2D eigenvalue weighted by molar-refractivity contribution is -0.123. The highest BCUT2D eigenvalue weighted by Gasteiger charge is 2.25. The number of aliphatic hydroxyl groups excluding tert-OH is 1. The molecule has 0 saturated heterocycles. The molecule has 2 atom stereocenters. The predicted octanol–water partition coefficient (Wildman–Crippen LogP) is 1.11. The summed E-state index contributed by atoms with van der Waals surface area (Å²) in [5.74, 6) is 0.698. The molecule has 1 aliphatic carbocycles. The maximum Gasteiger partial charge on any atom is 0.220 e. The first-order valence-electron chi connectivity index (χ1n) is 8.08. The first-order valence-corrected chi connectivity index (χ1v) is 8.08. The molecule has 0 aromatic carbocycles. The van der Waals surface area contributed by atoms with Gasteiger partial charge in [-0.15, -0.1) is 0 Å². The molecule has 0 spiro atoms. The summed E-state index contributed by atoms with van der Waals surface area (Å²) in [4.78, 5) is 20.8. The van der Waals surface area contributed by atoms with Crippen molar-refractivity contribution in [2.75, 3.05) is 6.61 Å². The minimum atomic E-state index is -0.334. The van der Waals surface area contributed by atoms with Crippen LogP contribution in [0.5, 0.6) is 0 Å². The maximum atomic E-state index is 12.0. The number of ether oxygens (including phenoxy) is 1. The van der Waals surface area contributed by atoms with Gasteiger partial charge < -0.3 is 15.2 Å². The molecule has 1 aromatic rings. The normalized spacial score (nSPS) is 24.6. The van der Waals surface area contributed by atoms with Crippen molar-refractivity contribution >= 4 is 5.91 Å². The molecule has 2 N–H and O–H groups in total. The molecule has 6 heteroatoms. The number of nitrogens with one attached hydrogen (secondary N) is 1. The van der Waals surface area contributed by atoms with Gasteiger partial charge in [-0.05, 0) is 18.8 Å². The van der Waals surface area contributed by atoms with Crippen LogP contribution >= 0.6 is 0 Å². The van der Waals surface area contributed by atoms with Crippen molar-refractivity contribution in [3.8, 4) is 0 Å². The summed E-state index contributed by atoms with van der Waals surface area (Å²) in [7, 11) is 0. The van der Waals surface area contributed by atoms with Crippen LogP contribution in [0.1, 0.15) is 49.2 Å². The van der Waals surface area contributed by atoms with E-state index in [1.54, 1.807) is 6.20 Å². The molecule has 0 bridgehead atoms. The molecule has 1 amide bonds. The van der Waals surface area contributed by atoms with E-state index in [0.29, 0.717) is 32.0 Å². The van der Waals surface area contributed by atoms with Gasteiger partial charge in [-0.1, -0.05) is 12.8 Å². The van der Waals surface area contributed by atoms with Gasteiger partial charge in [-0.25, -0.2) is 9.97 Å². The Kier molecular flexibility index (Phi) is 5.00. The topological polar surface area (TPSA) is 84.3 Å². The van der Waals surface area contributed by atoms with Gasteiger partial charge in [0, 0.05) is 24.6 Å². The van der Waals surface area contributed by atoms with Crippen LogP contribution < -0.4 is 5.32 Å². The van der Waals surface area contributed by atoms with E-state index in [4.69, 9.17) is 4.74 Å². The predicted molar refractivity (Wildman–Crippen MR) is 79.8 cm³/mol. The summed E-state index contributed by atoms with van der Waals surface area (Å²) in [5, 5.41) is 12.8. The van der Waals surface area contributed by atoms with E-state index in [1.807, 2.05) is 0 Å². The summed E-state index contributed by atoms with van der Waals surface area (Å²) in [6, 6.07) is 0. The average molecular weight is 305 g/mol. The lowest BCUT2D eigenvalue weighted by atomic mass is 9.84. The number of aliphatic hydroxyl groups is 1. The van der Waals surface area contributed by atoms with Crippen molar-refractivity contribution in [3.63, 3.8) is 0 Å². The molecule has 2 heterocycles. The van der Waals surface area contributed by atoms with E-state index in [0.717, 1.165) is 43.4 Å². The first kappa shape index (κ1) is 15.4. The highest BCUT2D eigenvalue weighted by atomic mass is 16.5. The number of rotatable bonds is 4. The SMILES string of the molecule is O=C(C[C@@H]1CCCC[C@H]1O)NCc1ncc2c(n1)CCOC2. The molecule has 2 aliphatic rings. The van der Waals surface area contributed by atoms with Crippen LogP contribution in [0.2, 0.25) is 0 Å². The fourth-order valence-electron chi connectivity index (χ4n) is 3.17. The first-order chi connectivity index (χ1) is 10.7. The molecule has 0 radical (unpaired) electrons. The second kappa shape index (κ2) is 7.15. The highest BCUT2D eigenvalue weighted by Crippen LogP contribution is 2.26. The number of nitrogens with zero attached hydrogens (tertiary/aromatic N) is 2. The van der Waals surface area contributed by atoms with Crippen molar-refractivity contribution in [2.45, 2.75) is 57.8 Å². The molecule has 22 heavy (non-hydrogen) atoms. The molecule has 1 aliphatic heterocycles. The Bertz CT molecular complexity index is 535. The zero-order valence-electron chi connectivity index (χ0n) is 12.8. The Labute approximate surface area is 130 Å². The second-order valence-corrected chi connectivity index (χ2v) is 6.15. The number of fused-ring (bicyclic) bond motifs is 1. The van der Waals surface area contributed by atoms with E-state index < -0.39 is 0 Å². The van der Waals surface area contributed by atoms with Crippen LogP contribution in [0.25, 0.3) is 0 Å². The Hall–Kier alpha value is -1.53. The van der Waals surface area contributed by atoms with Gasteiger partial charge in [0.1, 0.15) is 5.82 Å². The summed E-state index contributed by atoms with van der Waals surface area (Å²) < 4.78 is 5.36. The van der Waals surface area contributed by atoms with Crippen LogP contribution in [0, 0.1) is 5.92 Å². The second-order valence-electron chi connectivity index (χ2n) is 6.15. The molecule has 6 nitrogen and oxygen atoms in total. The average Bonchev–Trinajstić information content (AvgIpc) is 2.55. The van der Waals surface area contributed by atoms with E-state index in [9.17, 15) is 9.90 Å². The largest absolute Gasteiger partial charge is 0.393 e. The number of hydrogen-bond donors (Lipinski definition) is 2. The Morgan fingerprint density at radius 3 is 3.14 bits per heavy atom. The summed E-state index contributed by atoms with van der Waals surface area (Å²) in [6.45, 7) is 1.60. The van der Waals surface area contributed by atoms with Gasteiger partial charge >= 0.3 is 0 Å². The maximum absolute atomic E-state index is 12.0. The van der Waals surface area contributed by atoms with E-state index in [-0.39, 0.29) is 17.9 Å². The van der Waals surface area contributed by atoms with Crippen molar-refractivity contribution in [1.82, 2.24) is 15.3 Å². The molecule has 0 unspecified atom stereocenters. The third-order valence-corrected chi connectivity index (χ3v) is 4.51. The van der Waals surface area contributed by atoms with Gasteiger partial charge in [-0.3, -0.25) is 4.79 Å². The molecule has 1 aromatic heterocycles. The van der Waals surface area contributed by atoms with Crippen molar-refractivity contribution in [1.29, 1.82) is 0 Å². The molecular weight excluding hydrogens is 282 g/mol. The van der Waals surface area contributed by atoms with Crippen molar-refractivity contribution < 1.29 is 14.6 Å². The standard InChI is InChI=1S/C16H23N3O3/c20-14-4-2-1-3-11(14)7-16(21)18-9-15-17-8-12-10-22-6-5-13(12)19-15/h8,11,14,20H,1-7,9-10H2,(H,18,21)/t11-,14+/m0/s1. The third kappa shape index (κ3) is 3.81. The van der Waals surface area contributed by atoms with E-state index in [1.165, 1.54) is 0 Å². The Morgan fingerprint density at radius 2 is 2.27 bits per heavy atom. The van der Waals surface area contributed by atoms with E-state index in [2.05, 4.69) is 15.3 Å². The van der Waals surface area contributed by atoms with Crippen molar-refractivity contribution in [2.24, 2.45) is 5.92 Å². The van der Waals surface area contributed by atoms with Crippen LogP contribution in [0.4, 0.5) is 0 Å². The summed E-state index contributed by atoms with van der Waals surface area (Å²) in [6.07, 6.45) is 6.55. The van der Waals surface area contributed by atoms with Crippen LogP contribution in [-0.4, -0.2) is 33.7 Å². The number of carbonyl (C=O) groups is 1. The molecule has 120 valence electrons. The van der Waals surface area contributed by atoms with Crippen molar-refractivity contribution in [3.05, 3.63) is 23.3 Å². The van der Waals surface area contributed by atoms with Gasteiger partial charge in [0.15, 0.2) is 0 Å². The minimum absolute atomic E-state index is 0.0318. The molecular formula is C16H23N3O3. The lowest BCUT2D eigenvalue weighted by Crippen LogP contribution is -2.32. The monoisotopic (exact) mass is 305 g/mol. The number of aromatic nitrogens is 2. The summed E-state index contributed by atoms with van der Waals surface area (Å²) in [5.41, 5.74) is 2.06.